The summed E-state index contributed by atoms with van der Waals surface area (Å²) in [5, 5.41) is 13.2. The van der Waals surface area contributed by atoms with Crippen molar-refractivity contribution < 1.29 is 14.5 Å². The Labute approximate surface area is 92.4 Å². The molecule has 16 heavy (non-hydrogen) atoms. The van der Waals surface area contributed by atoms with Crippen LogP contribution >= 0.6 is 0 Å². The van der Waals surface area contributed by atoms with Crippen molar-refractivity contribution in [3.8, 4) is 5.75 Å². The maximum Gasteiger partial charge on any atom is 0.310 e. The van der Waals surface area contributed by atoms with Crippen molar-refractivity contribution in [3.63, 3.8) is 0 Å². The number of carbonyl (C=O) groups excluding carboxylic acids is 1. The van der Waals surface area contributed by atoms with Crippen molar-refractivity contribution in [1.29, 1.82) is 0 Å². The number of hydrogen-bond donors (Lipinski definition) is 1. The monoisotopic (exact) mass is 224 g/mol. The molecular formula is C10H12N2O4. The first-order valence-electron chi connectivity index (χ1n) is 4.60. The lowest BCUT2D eigenvalue weighted by molar-refractivity contribution is -0.385. The van der Waals surface area contributed by atoms with Gasteiger partial charge in [-0.25, -0.2) is 0 Å². The van der Waals surface area contributed by atoms with E-state index in [9.17, 15) is 14.9 Å². The van der Waals surface area contributed by atoms with Crippen LogP contribution in [0.4, 0.5) is 5.69 Å². The second-order valence-corrected chi connectivity index (χ2v) is 3.17. The highest BCUT2D eigenvalue weighted by molar-refractivity contribution is 5.72. The lowest BCUT2D eigenvalue weighted by Gasteiger charge is -2.05. The fraction of sp³-hybridized carbons (Fsp3) is 0.300. The lowest BCUT2D eigenvalue weighted by Crippen LogP contribution is -2.18. The van der Waals surface area contributed by atoms with Crippen molar-refractivity contribution in [2.24, 2.45) is 0 Å². The standard InChI is InChI=1S/C10H12N2O4/c1-7(13)11-6-8-3-4-9(12(14)15)10(5-8)16-2/h3-5H,6H2,1-2H3,(H,11,13). The summed E-state index contributed by atoms with van der Waals surface area (Å²) in [5.41, 5.74) is 0.659. The molecule has 6 heteroatoms. The molecule has 86 valence electrons. The van der Waals surface area contributed by atoms with E-state index in [2.05, 4.69) is 5.32 Å². The molecule has 0 spiro atoms. The number of hydrogen-bond acceptors (Lipinski definition) is 4. The molecule has 1 aromatic carbocycles. The van der Waals surface area contributed by atoms with Crippen LogP contribution in [0.3, 0.4) is 0 Å². The van der Waals surface area contributed by atoms with Gasteiger partial charge in [-0.15, -0.1) is 0 Å². The minimum atomic E-state index is -0.513. The maximum absolute atomic E-state index is 10.7. The van der Waals surface area contributed by atoms with E-state index in [1.165, 1.54) is 26.2 Å². The van der Waals surface area contributed by atoms with E-state index in [4.69, 9.17) is 4.74 Å². The molecule has 0 saturated heterocycles. The normalized spacial score (nSPS) is 9.62. The molecule has 0 heterocycles. The van der Waals surface area contributed by atoms with E-state index in [1.54, 1.807) is 6.07 Å². The number of ether oxygens (including phenoxy) is 1. The molecule has 0 aromatic heterocycles. The zero-order valence-electron chi connectivity index (χ0n) is 9.02. The third-order valence-electron chi connectivity index (χ3n) is 1.98. The van der Waals surface area contributed by atoms with Crippen molar-refractivity contribution in [3.05, 3.63) is 33.9 Å². The SMILES string of the molecule is COc1cc(CNC(C)=O)ccc1[N+](=O)[O-]. The molecule has 0 fully saturated rings. The van der Waals surface area contributed by atoms with Gasteiger partial charge in [0.25, 0.3) is 0 Å². The number of carbonyl (C=O) groups is 1. The first-order chi connectivity index (χ1) is 7.54. The van der Waals surface area contributed by atoms with E-state index in [1.807, 2.05) is 0 Å². The van der Waals surface area contributed by atoms with Crippen molar-refractivity contribution in [1.82, 2.24) is 5.32 Å². The topological polar surface area (TPSA) is 81.5 Å². The summed E-state index contributed by atoms with van der Waals surface area (Å²) in [6.45, 7) is 1.73. The Kier molecular flexibility index (Phi) is 3.82. The summed E-state index contributed by atoms with van der Waals surface area (Å²) in [6, 6.07) is 4.47. The number of benzene rings is 1. The average molecular weight is 224 g/mol. The van der Waals surface area contributed by atoms with Crippen LogP contribution < -0.4 is 10.1 Å². The van der Waals surface area contributed by atoms with Gasteiger partial charge in [0.15, 0.2) is 5.75 Å². The van der Waals surface area contributed by atoms with Gasteiger partial charge < -0.3 is 10.1 Å². The van der Waals surface area contributed by atoms with E-state index in [0.717, 1.165) is 5.56 Å². The van der Waals surface area contributed by atoms with Gasteiger partial charge in [-0.1, -0.05) is 6.07 Å². The number of amides is 1. The fourth-order valence-electron chi connectivity index (χ4n) is 1.21. The van der Waals surface area contributed by atoms with Gasteiger partial charge >= 0.3 is 5.69 Å². The van der Waals surface area contributed by atoms with E-state index >= 15 is 0 Å². The molecule has 1 aromatic rings. The smallest absolute Gasteiger partial charge is 0.310 e. The Hall–Kier alpha value is -2.11. The number of nitro benzene ring substituents is 1. The van der Waals surface area contributed by atoms with Crippen molar-refractivity contribution in [2.75, 3.05) is 7.11 Å². The predicted octanol–water partition coefficient (Wildman–Crippen LogP) is 1.24. The summed E-state index contributed by atoms with van der Waals surface area (Å²) in [4.78, 5) is 20.8. The summed E-state index contributed by atoms with van der Waals surface area (Å²) < 4.78 is 4.90. The van der Waals surface area contributed by atoms with Gasteiger partial charge in [0.1, 0.15) is 0 Å². The molecule has 6 nitrogen and oxygen atoms in total. The zero-order chi connectivity index (χ0) is 12.1. The molecular weight excluding hydrogens is 212 g/mol. The van der Waals surface area contributed by atoms with E-state index in [0.29, 0.717) is 6.54 Å². The zero-order valence-corrected chi connectivity index (χ0v) is 9.02. The van der Waals surface area contributed by atoms with Crippen LogP contribution in [0.25, 0.3) is 0 Å². The predicted molar refractivity (Wildman–Crippen MR) is 57.2 cm³/mol. The summed E-state index contributed by atoms with van der Waals surface area (Å²) >= 11 is 0. The Morgan fingerprint density at radius 3 is 2.75 bits per heavy atom. The molecule has 0 bridgehead atoms. The minimum Gasteiger partial charge on any atom is -0.490 e. The van der Waals surface area contributed by atoms with Gasteiger partial charge in [0.05, 0.1) is 12.0 Å². The molecule has 1 N–H and O–H groups in total. The van der Waals surface area contributed by atoms with E-state index in [-0.39, 0.29) is 17.3 Å². The summed E-state index contributed by atoms with van der Waals surface area (Å²) in [5.74, 6) is 0.0326. The number of nitro groups is 1. The highest BCUT2D eigenvalue weighted by Gasteiger charge is 2.14. The van der Waals surface area contributed by atoms with Gasteiger partial charge in [0.2, 0.25) is 5.91 Å². The van der Waals surface area contributed by atoms with Crippen LogP contribution in [0.2, 0.25) is 0 Å². The third-order valence-corrected chi connectivity index (χ3v) is 1.98. The summed E-state index contributed by atoms with van der Waals surface area (Å²) in [7, 11) is 1.37. The van der Waals surface area contributed by atoms with Crippen molar-refractivity contribution in [2.45, 2.75) is 13.5 Å². The number of rotatable bonds is 4. The minimum absolute atomic E-state index is 0.0888. The molecule has 1 amide bonds. The highest BCUT2D eigenvalue weighted by atomic mass is 16.6. The summed E-state index contributed by atoms with van der Waals surface area (Å²) in [6.07, 6.45) is 0. The van der Waals surface area contributed by atoms with Crippen LogP contribution in [0, 0.1) is 10.1 Å². The number of methoxy groups -OCH3 is 1. The van der Waals surface area contributed by atoms with Gasteiger partial charge in [0, 0.05) is 19.5 Å². The van der Waals surface area contributed by atoms with Crippen LogP contribution in [0.15, 0.2) is 18.2 Å². The second kappa shape index (κ2) is 5.11. The highest BCUT2D eigenvalue weighted by Crippen LogP contribution is 2.27. The first-order valence-corrected chi connectivity index (χ1v) is 4.60. The fourth-order valence-corrected chi connectivity index (χ4v) is 1.21. The maximum atomic E-state index is 10.7. The Bertz CT molecular complexity index is 417. The van der Waals surface area contributed by atoms with E-state index < -0.39 is 4.92 Å². The van der Waals surface area contributed by atoms with Gasteiger partial charge in [-0.2, -0.15) is 0 Å². The van der Waals surface area contributed by atoms with Crippen LogP contribution in [-0.4, -0.2) is 17.9 Å². The second-order valence-electron chi connectivity index (χ2n) is 3.17. The number of nitrogens with zero attached hydrogens (tertiary/aromatic N) is 1. The molecule has 0 unspecified atom stereocenters. The largest absolute Gasteiger partial charge is 0.490 e. The average Bonchev–Trinajstić information content (AvgIpc) is 2.25. The molecule has 1 rings (SSSR count). The Balaban J connectivity index is 2.90. The molecule has 0 saturated carbocycles. The molecule has 0 radical (unpaired) electrons. The molecule has 0 aliphatic rings. The quantitative estimate of drug-likeness (QED) is 0.616. The first kappa shape index (κ1) is 12.0. The van der Waals surface area contributed by atoms with Gasteiger partial charge in [-0.3, -0.25) is 14.9 Å². The van der Waals surface area contributed by atoms with Crippen LogP contribution in [-0.2, 0) is 11.3 Å². The van der Waals surface area contributed by atoms with Gasteiger partial charge in [-0.05, 0) is 11.6 Å². The third kappa shape index (κ3) is 2.94. The van der Waals surface area contributed by atoms with Crippen LogP contribution in [0.5, 0.6) is 5.75 Å². The molecule has 0 aliphatic heterocycles. The Morgan fingerprint density at radius 2 is 2.25 bits per heavy atom. The molecule has 0 aliphatic carbocycles. The van der Waals surface area contributed by atoms with Crippen molar-refractivity contribution >= 4 is 11.6 Å². The van der Waals surface area contributed by atoms with Crippen LogP contribution in [0.1, 0.15) is 12.5 Å². The molecule has 0 atom stereocenters. The Morgan fingerprint density at radius 1 is 1.56 bits per heavy atom. The lowest BCUT2D eigenvalue weighted by atomic mass is 10.2. The number of nitrogens with one attached hydrogen (secondary N) is 1.